The third-order valence-corrected chi connectivity index (χ3v) is 3.00. The maximum Gasteiger partial charge on any atom is 0.181 e. The molecule has 0 aliphatic heterocycles. The topological polar surface area (TPSA) is 75.4 Å². The zero-order chi connectivity index (χ0) is 13.7. The number of rotatable bonds is 4. The number of nitrogens with one attached hydrogen (secondary N) is 2. The van der Waals surface area contributed by atoms with Crippen LogP contribution < -0.4 is 5.32 Å². The van der Waals surface area contributed by atoms with Crippen molar-refractivity contribution in [2.24, 2.45) is 0 Å². The van der Waals surface area contributed by atoms with Crippen molar-refractivity contribution in [1.82, 2.24) is 4.98 Å². The van der Waals surface area contributed by atoms with Crippen molar-refractivity contribution >= 4 is 5.69 Å². The molecule has 0 spiro atoms. The first-order chi connectivity index (χ1) is 9.28. The van der Waals surface area contributed by atoms with E-state index in [0.717, 1.165) is 34.6 Å². The monoisotopic (exact) mass is 250 g/mol. The standard InChI is InChI=1S/C15H14N4/c1-2-11-9-12(3-5-14(11)18-10-17)15-6-4-13(19-15)7-8-16/h3-6,9,18-19H,2,7H2,1H3. The average molecular weight is 250 g/mol. The number of nitriles is 2. The molecule has 94 valence electrons. The molecule has 1 aromatic carbocycles. The number of hydrogen-bond donors (Lipinski definition) is 2. The second-order valence-corrected chi connectivity index (χ2v) is 4.19. The molecule has 0 saturated carbocycles. The van der Waals surface area contributed by atoms with E-state index in [1.54, 1.807) is 0 Å². The van der Waals surface area contributed by atoms with Gasteiger partial charge in [-0.15, -0.1) is 0 Å². The lowest BCUT2D eigenvalue weighted by Crippen LogP contribution is -1.94. The van der Waals surface area contributed by atoms with Gasteiger partial charge in [0.1, 0.15) is 0 Å². The zero-order valence-corrected chi connectivity index (χ0v) is 10.7. The van der Waals surface area contributed by atoms with Crippen LogP contribution in [0.3, 0.4) is 0 Å². The Morgan fingerprint density at radius 3 is 2.74 bits per heavy atom. The predicted octanol–water partition coefficient (Wildman–Crippen LogP) is 3.20. The van der Waals surface area contributed by atoms with E-state index in [1.807, 2.05) is 30.5 Å². The van der Waals surface area contributed by atoms with Crippen molar-refractivity contribution in [3.8, 4) is 23.5 Å². The highest BCUT2D eigenvalue weighted by Crippen LogP contribution is 2.25. The lowest BCUT2D eigenvalue weighted by atomic mass is 10.0. The van der Waals surface area contributed by atoms with E-state index >= 15 is 0 Å². The van der Waals surface area contributed by atoms with Gasteiger partial charge in [-0.1, -0.05) is 13.0 Å². The van der Waals surface area contributed by atoms with Gasteiger partial charge in [-0.25, -0.2) is 0 Å². The second kappa shape index (κ2) is 5.75. The molecule has 4 nitrogen and oxygen atoms in total. The number of anilines is 1. The molecule has 2 aromatic rings. The Labute approximate surface area is 112 Å². The zero-order valence-electron chi connectivity index (χ0n) is 10.7. The fourth-order valence-electron chi connectivity index (χ4n) is 2.03. The summed E-state index contributed by atoms with van der Waals surface area (Å²) < 4.78 is 0. The largest absolute Gasteiger partial charge is 0.358 e. The number of hydrogen-bond acceptors (Lipinski definition) is 3. The summed E-state index contributed by atoms with van der Waals surface area (Å²) >= 11 is 0. The molecule has 4 heteroatoms. The molecule has 0 saturated heterocycles. The van der Waals surface area contributed by atoms with Crippen molar-refractivity contribution in [2.75, 3.05) is 5.32 Å². The molecule has 0 atom stereocenters. The van der Waals surface area contributed by atoms with Crippen LogP contribution in [-0.2, 0) is 12.8 Å². The quantitative estimate of drug-likeness (QED) is 0.646. The van der Waals surface area contributed by atoms with Gasteiger partial charge in [-0.3, -0.25) is 5.32 Å². The van der Waals surface area contributed by atoms with Gasteiger partial charge in [0.2, 0.25) is 0 Å². The van der Waals surface area contributed by atoms with Gasteiger partial charge in [-0.05, 0) is 41.8 Å². The maximum absolute atomic E-state index is 8.69. The maximum atomic E-state index is 8.69. The Balaban J connectivity index is 2.35. The molecule has 0 bridgehead atoms. The predicted molar refractivity (Wildman–Crippen MR) is 74.2 cm³/mol. The molecule has 2 rings (SSSR count). The Hall–Kier alpha value is -2.72. The molecule has 0 unspecified atom stereocenters. The number of benzene rings is 1. The summed E-state index contributed by atoms with van der Waals surface area (Å²) in [5, 5.41) is 20.0. The lowest BCUT2D eigenvalue weighted by molar-refractivity contribution is 1.13. The lowest BCUT2D eigenvalue weighted by Gasteiger charge is -2.07. The van der Waals surface area contributed by atoms with Gasteiger partial charge in [-0.2, -0.15) is 10.5 Å². The fourth-order valence-corrected chi connectivity index (χ4v) is 2.03. The van der Waals surface area contributed by atoms with E-state index < -0.39 is 0 Å². The molecular weight excluding hydrogens is 236 g/mol. The molecule has 19 heavy (non-hydrogen) atoms. The van der Waals surface area contributed by atoms with Gasteiger partial charge in [0.15, 0.2) is 6.19 Å². The number of aromatic amines is 1. The van der Waals surface area contributed by atoms with E-state index in [2.05, 4.69) is 29.4 Å². The van der Waals surface area contributed by atoms with Crippen molar-refractivity contribution < 1.29 is 0 Å². The summed E-state index contributed by atoms with van der Waals surface area (Å²) in [6.07, 6.45) is 3.18. The van der Waals surface area contributed by atoms with Crippen molar-refractivity contribution in [1.29, 1.82) is 10.5 Å². The van der Waals surface area contributed by atoms with Crippen molar-refractivity contribution in [3.63, 3.8) is 0 Å². The van der Waals surface area contributed by atoms with Crippen molar-refractivity contribution in [2.45, 2.75) is 19.8 Å². The molecule has 0 amide bonds. The summed E-state index contributed by atoms with van der Waals surface area (Å²) in [7, 11) is 0. The van der Waals surface area contributed by atoms with Crippen LogP contribution in [0.1, 0.15) is 18.2 Å². The molecule has 0 aliphatic carbocycles. The van der Waals surface area contributed by atoms with Gasteiger partial charge in [0, 0.05) is 11.4 Å². The van der Waals surface area contributed by atoms with Gasteiger partial charge in [0.25, 0.3) is 0 Å². The Morgan fingerprint density at radius 1 is 1.21 bits per heavy atom. The van der Waals surface area contributed by atoms with E-state index in [9.17, 15) is 0 Å². The smallest absolute Gasteiger partial charge is 0.181 e. The second-order valence-electron chi connectivity index (χ2n) is 4.19. The highest BCUT2D eigenvalue weighted by atomic mass is 14.9. The van der Waals surface area contributed by atoms with Gasteiger partial charge in [0.05, 0.1) is 18.2 Å². The summed E-state index contributed by atoms with van der Waals surface area (Å²) in [4.78, 5) is 3.23. The van der Waals surface area contributed by atoms with Crippen LogP contribution in [0.4, 0.5) is 5.69 Å². The van der Waals surface area contributed by atoms with Crippen LogP contribution in [0.2, 0.25) is 0 Å². The number of H-pyrrole nitrogens is 1. The molecular formula is C15H14N4. The summed E-state index contributed by atoms with van der Waals surface area (Å²) in [6.45, 7) is 2.05. The van der Waals surface area contributed by atoms with Gasteiger partial charge >= 0.3 is 0 Å². The summed E-state index contributed by atoms with van der Waals surface area (Å²) in [6, 6.07) is 11.9. The first kappa shape index (κ1) is 12.7. The van der Waals surface area contributed by atoms with E-state index in [4.69, 9.17) is 10.5 Å². The Bertz CT molecular complexity index is 656. The van der Waals surface area contributed by atoms with E-state index in [-0.39, 0.29) is 0 Å². The van der Waals surface area contributed by atoms with E-state index in [1.165, 1.54) is 0 Å². The number of aryl methyl sites for hydroxylation is 1. The fraction of sp³-hybridized carbons (Fsp3) is 0.200. The Kier molecular flexibility index (Phi) is 3.85. The minimum absolute atomic E-state index is 0.384. The van der Waals surface area contributed by atoms with Gasteiger partial charge < -0.3 is 4.98 Å². The average Bonchev–Trinajstić information content (AvgIpc) is 2.88. The molecule has 0 aliphatic rings. The van der Waals surface area contributed by atoms with Crippen LogP contribution in [0, 0.1) is 22.8 Å². The third kappa shape index (κ3) is 2.75. The first-order valence-corrected chi connectivity index (χ1v) is 6.11. The first-order valence-electron chi connectivity index (χ1n) is 6.11. The highest BCUT2D eigenvalue weighted by molar-refractivity contribution is 5.67. The normalized spacial score (nSPS) is 9.63. The van der Waals surface area contributed by atoms with Crippen molar-refractivity contribution in [3.05, 3.63) is 41.6 Å². The SMILES string of the molecule is CCc1cc(-c2ccc(CC#N)[nH]2)ccc1NC#N. The molecule has 1 aromatic heterocycles. The highest BCUT2D eigenvalue weighted by Gasteiger charge is 2.06. The number of nitrogens with zero attached hydrogens (tertiary/aromatic N) is 2. The third-order valence-electron chi connectivity index (χ3n) is 3.00. The summed E-state index contributed by atoms with van der Waals surface area (Å²) in [5.41, 5.74) is 4.90. The molecule has 0 radical (unpaired) electrons. The molecule has 2 N–H and O–H groups in total. The Morgan fingerprint density at radius 2 is 2.05 bits per heavy atom. The molecule has 1 heterocycles. The molecule has 0 fully saturated rings. The number of aromatic nitrogens is 1. The van der Waals surface area contributed by atoms with Crippen LogP contribution in [-0.4, -0.2) is 4.98 Å². The minimum Gasteiger partial charge on any atom is -0.358 e. The van der Waals surface area contributed by atoms with Crippen LogP contribution in [0.25, 0.3) is 11.3 Å². The minimum atomic E-state index is 0.384. The van der Waals surface area contributed by atoms with Crippen LogP contribution in [0.5, 0.6) is 0 Å². The summed E-state index contributed by atoms with van der Waals surface area (Å²) in [5.74, 6) is 0. The van der Waals surface area contributed by atoms with E-state index in [0.29, 0.717) is 6.42 Å². The van der Waals surface area contributed by atoms with Crippen LogP contribution >= 0.6 is 0 Å². The van der Waals surface area contributed by atoms with Crippen LogP contribution in [0.15, 0.2) is 30.3 Å².